The third-order valence-corrected chi connectivity index (χ3v) is 5.74. The van der Waals surface area contributed by atoms with Gasteiger partial charge in [-0.15, -0.1) is 0 Å². The molecule has 0 bridgehead atoms. The number of aryl methyl sites for hydroxylation is 1. The molecule has 3 rings (SSSR count). The van der Waals surface area contributed by atoms with Crippen molar-refractivity contribution in [3.05, 3.63) is 99.5 Å². The number of para-hydroxylation sites is 1. The molecule has 0 spiro atoms. The van der Waals surface area contributed by atoms with Crippen LogP contribution in [-0.4, -0.2) is 5.78 Å². The van der Waals surface area contributed by atoms with E-state index in [9.17, 15) is 15.3 Å². The zero-order valence-electron chi connectivity index (χ0n) is 17.1. The van der Waals surface area contributed by atoms with Crippen molar-refractivity contribution >= 4 is 21.7 Å². The van der Waals surface area contributed by atoms with Crippen molar-refractivity contribution in [2.24, 2.45) is 5.92 Å². The number of halogens is 1. The molecule has 3 aromatic carbocycles. The fourth-order valence-corrected chi connectivity index (χ4v) is 3.68. The molecule has 0 radical (unpaired) electrons. The second-order valence-electron chi connectivity index (χ2n) is 7.23. The van der Waals surface area contributed by atoms with Gasteiger partial charge in [0, 0.05) is 27.9 Å². The highest BCUT2D eigenvalue weighted by atomic mass is 79.9. The van der Waals surface area contributed by atoms with Gasteiger partial charge in [-0.1, -0.05) is 70.5 Å². The summed E-state index contributed by atoms with van der Waals surface area (Å²) in [7, 11) is 0. The van der Waals surface area contributed by atoms with Crippen molar-refractivity contribution in [2.75, 3.05) is 0 Å². The van der Waals surface area contributed by atoms with Crippen LogP contribution in [0.15, 0.2) is 77.3 Å². The zero-order valence-corrected chi connectivity index (χ0v) is 18.7. The summed E-state index contributed by atoms with van der Waals surface area (Å²) >= 11 is 3.36. The van der Waals surface area contributed by atoms with E-state index in [2.05, 4.69) is 15.9 Å². The lowest BCUT2D eigenvalue weighted by Gasteiger charge is -2.21. The Morgan fingerprint density at radius 3 is 2.29 bits per heavy atom. The number of hydrogen-bond donors (Lipinski definition) is 0. The maximum atomic E-state index is 12.9. The largest absolute Gasteiger partial charge is 0.489 e. The Morgan fingerprint density at radius 2 is 1.61 bits per heavy atom. The Bertz CT molecular complexity index is 1130. The summed E-state index contributed by atoms with van der Waals surface area (Å²) in [5.41, 5.74) is 3.40. The van der Waals surface area contributed by atoms with Gasteiger partial charge >= 0.3 is 0 Å². The first-order valence-electron chi connectivity index (χ1n) is 9.87. The molecule has 0 heterocycles. The third-order valence-electron chi connectivity index (χ3n) is 5.21. The first-order chi connectivity index (χ1) is 15.0. The smallest absolute Gasteiger partial charge is 0.163 e. The number of Topliss-reactive ketones (excluding diaryl/α,β-unsaturated/α-hetero) is 1. The van der Waals surface area contributed by atoms with E-state index in [0.29, 0.717) is 23.5 Å². The van der Waals surface area contributed by atoms with E-state index < -0.39 is 11.8 Å². The van der Waals surface area contributed by atoms with Gasteiger partial charge < -0.3 is 4.74 Å². The summed E-state index contributed by atoms with van der Waals surface area (Å²) < 4.78 is 6.97. The summed E-state index contributed by atoms with van der Waals surface area (Å²) in [5.74, 6) is -1.11. The third kappa shape index (κ3) is 5.60. The first kappa shape index (κ1) is 22.3. The lowest BCUT2D eigenvalue weighted by Crippen LogP contribution is -2.16. The Balaban J connectivity index is 1.90. The molecule has 1 unspecified atom stereocenters. The maximum Gasteiger partial charge on any atom is 0.163 e. The molecule has 0 aliphatic heterocycles. The van der Waals surface area contributed by atoms with Crippen molar-refractivity contribution in [2.45, 2.75) is 25.9 Å². The van der Waals surface area contributed by atoms with Crippen LogP contribution in [-0.2, 0) is 6.61 Å². The van der Waals surface area contributed by atoms with Crippen molar-refractivity contribution in [1.82, 2.24) is 0 Å². The average Bonchev–Trinajstić information content (AvgIpc) is 2.79. The van der Waals surface area contributed by atoms with Gasteiger partial charge in [0.25, 0.3) is 0 Å². The summed E-state index contributed by atoms with van der Waals surface area (Å²) in [5, 5.41) is 19.2. The van der Waals surface area contributed by atoms with Crippen molar-refractivity contribution in [1.29, 1.82) is 10.5 Å². The van der Waals surface area contributed by atoms with E-state index in [1.54, 1.807) is 24.3 Å². The molecule has 31 heavy (non-hydrogen) atoms. The van der Waals surface area contributed by atoms with E-state index in [-0.39, 0.29) is 12.2 Å². The summed E-state index contributed by atoms with van der Waals surface area (Å²) in [6.45, 7) is 2.38. The second kappa shape index (κ2) is 10.6. The van der Waals surface area contributed by atoms with Crippen LogP contribution in [0.4, 0.5) is 0 Å². The van der Waals surface area contributed by atoms with E-state index in [0.717, 1.165) is 15.6 Å². The van der Waals surface area contributed by atoms with Gasteiger partial charge in [0.15, 0.2) is 5.78 Å². The molecule has 1 atom stereocenters. The van der Waals surface area contributed by atoms with E-state index in [4.69, 9.17) is 4.74 Å². The minimum atomic E-state index is -0.970. The minimum absolute atomic E-state index is 0.0398. The molecule has 0 N–H and O–H groups in total. The van der Waals surface area contributed by atoms with Gasteiger partial charge in [-0.05, 0) is 36.2 Å². The summed E-state index contributed by atoms with van der Waals surface area (Å²) in [6, 6.07) is 26.4. The van der Waals surface area contributed by atoms with E-state index in [1.165, 1.54) is 0 Å². The number of hydrogen-bond acceptors (Lipinski definition) is 4. The SMILES string of the molecule is Cc1ccccc1COc1ccccc1C(CC(=O)c1ccc(Br)cc1)C(C#N)C#N. The van der Waals surface area contributed by atoms with E-state index >= 15 is 0 Å². The first-order valence-corrected chi connectivity index (χ1v) is 10.7. The van der Waals surface area contributed by atoms with Crippen molar-refractivity contribution < 1.29 is 9.53 Å². The van der Waals surface area contributed by atoms with Gasteiger partial charge in [-0.25, -0.2) is 0 Å². The number of ketones is 1. The molecule has 0 fully saturated rings. The molecule has 5 heteroatoms. The van der Waals surface area contributed by atoms with Crippen molar-refractivity contribution in [3.63, 3.8) is 0 Å². The molecule has 0 aliphatic rings. The normalized spacial score (nSPS) is 11.4. The van der Waals surface area contributed by atoms with Crippen LogP contribution in [0.1, 0.15) is 39.4 Å². The number of ether oxygens (including phenoxy) is 1. The summed E-state index contributed by atoms with van der Waals surface area (Å²) in [6.07, 6.45) is 0.0398. The second-order valence-corrected chi connectivity index (χ2v) is 8.15. The van der Waals surface area contributed by atoms with Crippen LogP contribution in [0.25, 0.3) is 0 Å². The highest BCUT2D eigenvalue weighted by molar-refractivity contribution is 9.10. The topological polar surface area (TPSA) is 73.9 Å². The number of carbonyl (C=O) groups excluding carboxylic acids is 1. The Hall–Kier alpha value is -3.41. The molecular weight excluding hydrogens is 452 g/mol. The van der Waals surface area contributed by atoms with Crippen LogP contribution in [0, 0.1) is 35.5 Å². The molecule has 0 aliphatic carbocycles. The molecule has 0 amide bonds. The average molecular weight is 473 g/mol. The Labute approximate surface area is 190 Å². The van der Waals surface area contributed by atoms with Crippen LogP contribution < -0.4 is 4.74 Å². The fourth-order valence-electron chi connectivity index (χ4n) is 3.42. The van der Waals surface area contributed by atoms with Gasteiger partial charge in [0.1, 0.15) is 18.3 Å². The van der Waals surface area contributed by atoms with Gasteiger partial charge in [0.2, 0.25) is 0 Å². The molecule has 3 aromatic rings. The Kier molecular flexibility index (Phi) is 7.60. The Morgan fingerprint density at radius 1 is 0.968 bits per heavy atom. The van der Waals surface area contributed by atoms with Gasteiger partial charge in [0.05, 0.1) is 12.1 Å². The number of carbonyl (C=O) groups is 1. The number of nitriles is 2. The number of nitrogens with zero attached hydrogens (tertiary/aromatic N) is 2. The standard InChI is InChI=1S/C26H21BrN2O2/c1-18-6-2-3-7-20(18)17-31-26-9-5-4-8-23(26)24(21(15-28)16-29)14-25(30)19-10-12-22(27)13-11-19/h2-13,21,24H,14,17H2,1H3. The fraction of sp³-hybridized carbons (Fsp3) is 0.192. The lowest BCUT2D eigenvalue weighted by molar-refractivity contribution is 0.0970. The van der Waals surface area contributed by atoms with Crippen LogP contribution in [0.5, 0.6) is 5.75 Å². The molecule has 154 valence electrons. The monoisotopic (exact) mass is 472 g/mol. The molecule has 0 saturated carbocycles. The minimum Gasteiger partial charge on any atom is -0.489 e. The quantitative estimate of drug-likeness (QED) is 0.357. The predicted octanol–water partition coefficient (Wildman–Crippen LogP) is 6.36. The van der Waals surface area contributed by atoms with Gasteiger partial charge in [-0.2, -0.15) is 10.5 Å². The molecule has 0 aromatic heterocycles. The van der Waals surface area contributed by atoms with Crippen LogP contribution >= 0.6 is 15.9 Å². The van der Waals surface area contributed by atoms with Crippen molar-refractivity contribution in [3.8, 4) is 17.9 Å². The van der Waals surface area contributed by atoms with Crippen LogP contribution in [0.3, 0.4) is 0 Å². The summed E-state index contributed by atoms with van der Waals surface area (Å²) in [4.78, 5) is 12.9. The molecule has 4 nitrogen and oxygen atoms in total. The molecular formula is C26H21BrN2O2. The number of rotatable bonds is 8. The lowest BCUT2D eigenvalue weighted by atomic mass is 9.82. The highest BCUT2D eigenvalue weighted by Gasteiger charge is 2.29. The van der Waals surface area contributed by atoms with Gasteiger partial charge in [-0.3, -0.25) is 4.79 Å². The van der Waals surface area contributed by atoms with Crippen LogP contribution in [0.2, 0.25) is 0 Å². The zero-order chi connectivity index (χ0) is 22.2. The highest BCUT2D eigenvalue weighted by Crippen LogP contribution is 2.36. The van der Waals surface area contributed by atoms with E-state index in [1.807, 2.05) is 67.6 Å². The maximum absolute atomic E-state index is 12.9. The molecule has 0 saturated heterocycles. The number of benzene rings is 3. The predicted molar refractivity (Wildman–Crippen MR) is 122 cm³/mol.